The van der Waals surface area contributed by atoms with Gasteiger partial charge in [0, 0.05) is 0 Å². The molecule has 1 aliphatic carbocycles. The molecule has 70 valence electrons. The SMILES string of the molecule is CC12CCCCC1O2.CC1CO1. The van der Waals surface area contributed by atoms with Crippen LogP contribution in [0.3, 0.4) is 0 Å². The van der Waals surface area contributed by atoms with Crippen LogP contribution in [0.1, 0.15) is 39.5 Å². The van der Waals surface area contributed by atoms with Gasteiger partial charge in [0.25, 0.3) is 0 Å². The Kier molecular flexibility index (Phi) is 2.13. The maximum absolute atomic E-state index is 5.47. The van der Waals surface area contributed by atoms with Crippen LogP contribution in [0.2, 0.25) is 0 Å². The lowest BCUT2D eigenvalue weighted by Crippen LogP contribution is -2.13. The molecular weight excluding hydrogens is 152 g/mol. The van der Waals surface area contributed by atoms with E-state index in [1.165, 1.54) is 25.7 Å². The third-order valence-corrected chi connectivity index (χ3v) is 2.92. The van der Waals surface area contributed by atoms with Crippen LogP contribution in [0.4, 0.5) is 0 Å². The fourth-order valence-electron chi connectivity index (χ4n) is 1.78. The predicted molar refractivity (Wildman–Crippen MR) is 47.2 cm³/mol. The van der Waals surface area contributed by atoms with Crippen LogP contribution in [-0.2, 0) is 9.47 Å². The summed E-state index contributed by atoms with van der Waals surface area (Å²) in [6.07, 6.45) is 6.62. The molecule has 3 atom stereocenters. The van der Waals surface area contributed by atoms with E-state index in [0.29, 0.717) is 17.8 Å². The summed E-state index contributed by atoms with van der Waals surface area (Å²) in [6.45, 7) is 5.27. The van der Waals surface area contributed by atoms with Gasteiger partial charge in [-0.3, -0.25) is 0 Å². The standard InChI is InChI=1S/C7H12O.C3H6O/c1-7-5-3-2-4-6(7)8-7;1-3-2-4-3/h6H,2-5H2,1H3;3H,2H2,1H3. The lowest BCUT2D eigenvalue weighted by atomic mass is 9.91. The van der Waals surface area contributed by atoms with Gasteiger partial charge in [-0.25, -0.2) is 0 Å². The van der Waals surface area contributed by atoms with Crippen molar-refractivity contribution >= 4 is 0 Å². The first-order chi connectivity index (χ1) is 5.71. The van der Waals surface area contributed by atoms with Gasteiger partial charge in [0.1, 0.15) is 0 Å². The number of ether oxygens (including phenoxy) is 2. The summed E-state index contributed by atoms with van der Waals surface area (Å²) < 4.78 is 10.2. The second-order valence-electron chi connectivity index (χ2n) is 4.31. The highest BCUT2D eigenvalue weighted by molar-refractivity contribution is 5.01. The van der Waals surface area contributed by atoms with Crippen molar-refractivity contribution in [3.05, 3.63) is 0 Å². The average Bonchev–Trinajstić information content (AvgIpc) is 2.88. The highest BCUT2D eigenvalue weighted by Gasteiger charge is 2.52. The monoisotopic (exact) mass is 170 g/mol. The van der Waals surface area contributed by atoms with Crippen molar-refractivity contribution < 1.29 is 9.47 Å². The largest absolute Gasteiger partial charge is 0.373 e. The van der Waals surface area contributed by atoms with E-state index < -0.39 is 0 Å². The maximum Gasteiger partial charge on any atom is 0.0920 e. The first-order valence-corrected chi connectivity index (χ1v) is 5.00. The fraction of sp³-hybridized carbons (Fsp3) is 1.00. The number of fused-ring (bicyclic) bond motifs is 1. The molecule has 0 aromatic carbocycles. The molecule has 0 aromatic rings. The van der Waals surface area contributed by atoms with Gasteiger partial charge in [0.15, 0.2) is 0 Å². The highest BCUT2D eigenvalue weighted by Crippen LogP contribution is 2.46. The minimum atomic E-state index is 0.345. The fourth-order valence-corrected chi connectivity index (χ4v) is 1.78. The zero-order valence-electron chi connectivity index (χ0n) is 8.01. The van der Waals surface area contributed by atoms with E-state index in [4.69, 9.17) is 9.47 Å². The number of hydrogen-bond donors (Lipinski definition) is 0. The Morgan fingerprint density at radius 3 is 2.33 bits per heavy atom. The van der Waals surface area contributed by atoms with Crippen molar-refractivity contribution in [1.82, 2.24) is 0 Å². The molecule has 3 unspecified atom stereocenters. The summed E-state index contributed by atoms with van der Waals surface area (Å²) >= 11 is 0. The van der Waals surface area contributed by atoms with E-state index in [1.54, 1.807) is 0 Å². The zero-order chi connectivity index (χ0) is 8.60. The van der Waals surface area contributed by atoms with Crippen molar-refractivity contribution in [2.24, 2.45) is 0 Å². The number of hydrogen-bond acceptors (Lipinski definition) is 2. The van der Waals surface area contributed by atoms with Crippen LogP contribution < -0.4 is 0 Å². The van der Waals surface area contributed by atoms with E-state index in [1.807, 2.05) is 0 Å². The molecule has 0 aromatic heterocycles. The molecule has 12 heavy (non-hydrogen) atoms. The summed E-state index contributed by atoms with van der Waals surface area (Å²) in [7, 11) is 0. The normalized spacial score (nSPS) is 48.5. The first kappa shape index (κ1) is 8.52. The number of epoxide rings is 2. The molecule has 2 heterocycles. The molecule has 0 radical (unpaired) electrons. The van der Waals surface area contributed by atoms with E-state index >= 15 is 0 Å². The van der Waals surface area contributed by atoms with Crippen LogP contribution in [0.15, 0.2) is 0 Å². The lowest BCUT2D eigenvalue weighted by Gasteiger charge is -2.09. The quantitative estimate of drug-likeness (QED) is 0.520. The molecule has 2 heteroatoms. The Morgan fingerprint density at radius 2 is 2.00 bits per heavy atom. The van der Waals surface area contributed by atoms with Gasteiger partial charge in [0.2, 0.25) is 0 Å². The summed E-state index contributed by atoms with van der Waals surface area (Å²) in [5.74, 6) is 0. The first-order valence-electron chi connectivity index (χ1n) is 5.00. The van der Waals surface area contributed by atoms with Gasteiger partial charge in [-0.2, -0.15) is 0 Å². The lowest BCUT2D eigenvalue weighted by molar-refractivity contribution is 0.304. The van der Waals surface area contributed by atoms with Crippen molar-refractivity contribution in [2.45, 2.75) is 57.3 Å². The van der Waals surface area contributed by atoms with Gasteiger partial charge >= 0.3 is 0 Å². The summed E-state index contributed by atoms with van der Waals surface area (Å²) in [5.41, 5.74) is 0.345. The molecule has 3 fully saturated rings. The van der Waals surface area contributed by atoms with Crippen LogP contribution in [0.25, 0.3) is 0 Å². The van der Waals surface area contributed by atoms with Gasteiger partial charge < -0.3 is 9.47 Å². The second kappa shape index (κ2) is 3.00. The summed E-state index contributed by atoms with van der Waals surface area (Å²) in [6, 6.07) is 0. The van der Waals surface area contributed by atoms with Gasteiger partial charge in [-0.05, 0) is 26.7 Å². The zero-order valence-corrected chi connectivity index (χ0v) is 8.01. The molecule has 2 nitrogen and oxygen atoms in total. The molecule has 2 saturated heterocycles. The molecule has 0 amide bonds. The number of rotatable bonds is 0. The van der Waals surface area contributed by atoms with E-state index in [0.717, 1.165) is 6.61 Å². The third-order valence-electron chi connectivity index (χ3n) is 2.92. The van der Waals surface area contributed by atoms with Gasteiger partial charge in [-0.15, -0.1) is 0 Å². The molecule has 0 N–H and O–H groups in total. The third kappa shape index (κ3) is 1.99. The van der Waals surface area contributed by atoms with E-state index in [9.17, 15) is 0 Å². The van der Waals surface area contributed by atoms with Crippen LogP contribution in [-0.4, -0.2) is 24.4 Å². The smallest absolute Gasteiger partial charge is 0.0920 e. The molecule has 0 spiro atoms. The Balaban J connectivity index is 0.000000119. The minimum Gasteiger partial charge on any atom is -0.373 e. The Labute approximate surface area is 74.2 Å². The molecule has 0 bridgehead atoms. The Hall–Kier alpha value is -0.0800. The van der Waals surface area contributed by atoms with Crippen molar-refractivity contribution in [3.8, 4) is 0 Å². The predicted octanol–water partition coefficient (Wildman–Crippen LogP) is 2.12. The Morgan fingerprint density at radius 1 is 1.33 bits per heavy atom. The minimum absolute atomic E-state index is 0.345. The van der Waals surface area contributed by atoms with Crippen LogP contribution in [0, 0.1) is 0 Å². The maximum atomic E-state index is 5.47. The second-order valence-corrected chi connectivity index (χ2v) is 4.31. The molecular formula is C10H18O2. The topological polar surface area (TPSA) is 25.1 Å². The molecule has 3 rings (SSSR count). The molecule has 3 aliphatic rings. The van der Waals surface area contributed by atoms with Crippen LogP contribution >= 0.6 is 0 Å². The van der Waals surface area contributed by atoms with E-state index in [-0.39, 0.29) is 0 Å². The van der Waals surface area contributed by atoms with Gasteiger partial charge in [-0.1, -0.05) is 12.8 Å². The summed E-state index contributed by atoms with van der Waals surface area (Å²) in [5, 5.41) is 0. The average molecular weight is 170 g/mol. The van der Waals surface area contributed by atoms with Crippen molar-refractivity contribution in [2.75, 3.05) is 6.61 Å². The Bertz CT molecular complexity index is 163. The highest BCUT2D eigenvalue weighted by atomic mass is 16.6. The molecule has 1 saturated carbocycles. The van der Waals surface area contributed by atoms with Crippen molar-refractivity contribution in [3.63, 3.8) is 0 Å². The van der Waals surface area contributed by atoms with Crippen LogP contribution in [0.5, 0.6) is 0 Å². The summed E-state index contributed by atoms with van der Waals surface area (Å²) in [4.78, 5) is 0. The van der Waals surface area contributed by atoms with Crippen molar-refractivity contribution in [1.29, 1.82) is 0 Å². The van der Waals surface area contributed by atoms with E-state index in [2.05, 4.69) is 13.8 Å². The van der Waals surface area contributed by atoms with Gasteiger partial charge in [0.05, 0.1) is 24.4 Å². The molecule has 2 aliphatic heterocycles.